The molecule has 2 aromatic heterocycles. The van der Waals surface area contributed by atoms with Gasteiger partial charge >= 0.3 is 0 Å². The minimum absolute atomic E-state index is 0.824. The Balaban J connectivity index is 2.08. The molecule has 3 rings (SSSR count). The molecule has 0 N–H and O–H groups in total. The van der Waals surface area contributed by atoms with Crippen LogP contribution in [0.1, 0.15) is 4.88 Å². The molecule has 4 heteroatoms. The quantitative estimate of drug-likeness (QED) is 0.653. The fourth-order valence-corrected chi connectivity index (χ4v) is 3.10. The van der Waals surface area contributed by atoms with Gasteiger partial charge in [-0.15, -0.1) is 11.3 Å². The maximum absolute atomic E-state index is 5.41. The van der Waals surface area contributed by atoms with Crippen LogP contribution in [0.5, 0.6) is 0 Å². The summed E-state index contributed by atoms with van der Waals surface area (Å²) in [5.41, 5.74) is 2.05. The summed E-state index contributed by atoms with van der Waals surface area (Å²) < 4.78 is 6.47. The third kappa shape index (κ3) is 2.13. The van der Waals surface area contributed by atoms with Gasteiger partial charge in [-0.25, -0.2) is 4.98 Å². The van der Waals surface area contributed by atoms with Crippen molar-refractivity contribution in [3.8, 4) is 22.0 Å². The van der Waals surface area contributed by atoms with E-state index in [1.165, 1.54) is 4.88 Å². The fraction of sp³-hybridized carbons (Fsp3) is 0.0714. The minimum atomic E-state index is 0.824. The zero-order chi connectivity index (χ0) is 12.5. The maximum Gasteiger partial charge on any atom is 0.153 e. The fourth-order valence-electron chi connectivity index (χ4n) is 1.78. The number of hydrogen-bond acceptors (Lipinski definition) is 3. The third-order valence-corrected chi connectivity index (χ3v) is 4.14. The molecule has 0 bridgehead atoms. The van der Waals surface area contributed by atoms with Crippen LogP contribution in [0.4, 0.5) is 0 Å². The summed E-state index contributed by atoms with van der Waals surface area (Å²) in [7, 11) is 0. The zero-order valence-corrected chi connectivity index (χ0v) is 12.1. The number of benzene rings is 1. The molecule has 2 nitrogen and oxygen atoms in total. The van der Waals surface area contributed by atoms with Crippen LogP contribution in [0.3, 0.4) is 0 Å². The molecule has 0 unspecified atom stereocenters. The van der Waals surface area contributed by atoms with E-state index in [0.717, 1.165) is 26.5 Å². The highest BCUT2D eigenvalue weighted by Gasteiger charge is 2.13. The Hall–Kier alpha value is -1.39. The molecule has 3 aromatic rings. The molecule has 18 heavy (non-hydrogen) atoms. The number of halogens is 1. The van der Waals surface area contributed by atoms with Gasteiger partial charge in [0.25, 0.3) is 0 Å². The van der Waals surface area contributed by atoms with Crippen LogP contribution in [0.25, 0.3) is 22.0 Å². The Kier molecular flexibility index (Phi) is 3.06. The molecule has 0 aliphatic heterocycles. The van der Waals surface area contributed by atoms with Crippen molar-refractivity contribution in [3.05, 3.63) is 52.0 Å². The predicted octanol–water partition coefficient (Wildman–Crippen LogP) is 5.14. The van der Waals surface area contributed by atoms with Crippen LogP contribution < -0.4 is 0 Å². The molecule has 90 valence electrons. The van der Waals surface area contributed by atoms with Crippen molar-refractivity contribution in [2.75, 3.05) is 0 Å². The van der Waals surface area contributed by atoms with Gasteiger partial charge in [-0.2, -0.15) is 0 Å². The van der Waals surface area contributed by atoms with Gasteiger partial charge in [0.05, 0.1) is 6.26 Å². The molecule has 1 aromatic carbocycles. The van der Waals surface area contributed by atoms with E-state index in [1.54, 1.807) is 17.6 Å². The lowest BCUT2D eigenvalue weighted by atomic mass is 10.2. The number of rotatable bonds is 2. The molecule has 0 fully saturated rings. The number of thiazole rings is 1. The van der Waals surface area contributed by atoms with Gasteiger partial charge < -0.3 is 4.42 Å². The highest BCUT2D eigenvalue weighted by molar-refractivity contribution is 9.10. The van der Waals surface area contributed by atoms with Gasteiger partial charge in [-0.1, -0.05) is 28.1 Å². The van der Waals surface area contributed by atoms with E-state index in [9.17, 15) is 0 Å². The summed E-state index contributed by atoms with van der Waals surface area (Å²) in [5, 5.41) is 1.01. The number of furan rings is 1. The van der Waals surface area contributed by atoms with Crippen LogP contribution >= 0.6 is 27.3 Å². The monoisotopic (exact) mass is 319 g/mol. The van der Waals surface area contributed by atoms with Gasteiger partial charge in [0.15, 0.2) is 5.76 Å². The van der Waals surface area contributed by atoms with Gasteiger partial charge in [-0.05, 0) is 31.2 Å². The molecule has 0 atom stereocenters. The second-order valence-electron chi connectivity index (χ2n) is 3.91. The predicted molar refractivity (Wildman–Crippen MR) is 77.7 cm³/mol. The highest BCUT2D eigenvalue weighted by Crippen LogP contribution is 2.34. The molecular formula is C14H10BrNOS. The Morgan fingerprint density at radius 1 is 1.22 bits per heavy atom. The van der Waals surface area contributed by atoms with Crippen LogP contribution in [0.15, 0.2) is 51.6 Å². The van der Waals surface area contributed by atoms with Gasteiger partial charge in [0, 0.05) is 14.9 Å². The summed E-state index contributed by atoms with van der Waals surface area (Å²) in [6, 6.07) is 12.0. The van der Waals surface area contributed by atoms with Crippen molar-refractivity contribution in [1.29, 1.82) is 0 Å². The lowest BCUT2D eigenvalue weighted by molar-refractivity contribution is 0.580. The zero-order valence-electron chi connectivity index (χ0n) is 9.68. The molecule has 0 saturated heterocycles. The summed E-state index contributed by atoms with van der Waals surface area (Å²) in [5.74, 6) is 0.824. The largest absolute Gasteiger partial charge is 0.463 e. The van der Waals surface area contributed by atoms with Gasteiger partial charge in [-0.3, -0.25) is 0 Å². The molecule has 0 amide bonds. The van der Waals surface area contributed by atoms with Crippen molar-refractivity contribution < 1.29 is 4.42 Å². The molecule has 0 aliphatic rings. The van der Waals surface area contributed by atoms with E-state index in [4.69, 9.17) is 4.42 Å². The number of nitrogens with zero attached hydrogens (tertiary/aromatic N) is 1. The van der Waals surface area contributed by atoms with E-state index < -0.39 is 0 Å². The third-order valence-electron chi connectivity index (χ3n) is 2.62. The van der Waals surface area contributed by atoms with Crippen molar-refractivity contribution >= 4 is 27.3 Å². The SMILES string of the molecule is Cc1sc(-c2cccc(Br)c2)nc1-c1ccco1. The first-order valence-corrected chi connectivity index (χ1v) is 7.12. The van der Waals surface area contributed by atoms with E-state index in [2.05, 4.69) is 40.0 Å². The van der Waals surface area contributed by atoms with Crippen molar-refractivity contribution in [1.82, 2.24) is 4.98 Å². The first-order chi connectivity index (χ1) is 8.74. The van der Waals surface area contributed by atoms with Crippen molar-refractivity contribution in [2.24, 2.45) is 0 Å². The summed E-state index contributed by atoms with van der Waals surface area (Å²) >= 11 is 5.16. The number of aromatic nitrogens is 1. The minimum Gasteiger partial charge on any atom is -0.463 e. The Morgan fingerprint density at radius 2 is 2.11 bits per heavy atom. The summed E-state index contributed by atoms with van der Waals surface area (Å²) in [6.07, 6.45) is 1.67. The number of aryl methyl sites for hydroxylation is 1. The molecule has 0 saturated carbocycles. The van der Waals surface area contributed by atoms with Gasteiger partial charge in [0.2, 0.25) is 0 Å². The van der Waals surface area contributed by atoms with E-state index >= 15 is 0 Å². The van der Waals surface area contributed by atoms with E-state index in [0.29, 0.717) is 0 Å². The average molecular weight is 320 g/mol. The second kappa shape index (κ2) is 4.71. The van der Waals surface area contributed by atoms with Crippen LogP contribution in [0, 0.1) is 6.92 Å². The molecule has 0 spiro atoms. The Labute approximate surface area is 117 Å². The van der Waals surface area contributed by atoms with Gasteiger partial charge in [0.1, 0.15) is 10.7 Å². The smallest absolute Gasteiger partial charge is 0.153 e. The summed E-state index contributed by atoms with van der Waals surface area (Å²) in [6.45, 7) is 2.07. The molecule has 0 aliphatic carbocycles. The Bertz CT molecular complexity index is 673. The van der Waals surface area contributed by atoms with E-state index in [-0.39, 0.29) is 0 Å². The summed E-state index contributed by atoms with van der Waals surface area (Å²) in [4.78, 5) is 5.83. The normalized spacial score (nSPS) is 10.8. The maximum atomic E-state index is 5.41. The lowest BCUT2D eigenvalue weighted by Gasteiger charge is -1.96. The van der Waals surface area contributed by atoms with Crippen LogP contribution in [-0.2, 0) is 0 Å². The van der Waals surface area contributed by atoms with Crippen LogP contribution in [-0.4, -0.2) is 4.98 Å². The molecular weight excluding hydrogens is 310 g/mol. The first kappa shape index (κ1) is 11.7. The molecule has 2 heterocycles. The van der Waals surface area contributed by atoms with Crippen molar-refractivity contribution in [2.45, 2.75) is 6.92 Å². The lowest BCUT2D eigenvalue weighted by Crippen LogP contribution is -1.78. The van der Waals surface area contributed by atoms with Crippen LogP contribution in [0.2, 0.25) is 0 Å². The number of hydrogen-bond donors (Lipinski definition) is 0. The van der Waals surface area contributed by atoms with Crippen molar-refractivity contribution in [3.63, 3.8) is 0 Å². The first-order valence-electron chi connectivity index (χ1n) is 5.51. The Morgan fingerprint density at radius 3 is 2.83 bits per heavy atom. The average Bonchev–Trinajstić information content (AvgIpc) is 2.97. The van der Waals surface area contributed by atoms with E-state index in [1.807, 2.05) is 24.3 Å². The molecule has 0 radical (unpaired) electrons. The second-order valence-corrected chi connectivity index (χ2v) is 6.03. The topological polar surface area (TPSA) is 26.0 Å². The highest BCUT2D eigenvalue weighted by atomic mass is 79.9. The standard InChI is InChI=1S/C14H10BrNOS/c1-9-13(12-6-3-7-17-12)16-14(18-9)10-4-2-5-11(15)8-10/h2-8H,1H3.